The molecular weight excluding hydrogens is 489 g/mol. The highest BCUT2D eigenvalue weighted by Crippen LogP contribution is 2.43. The fourth-order valence-corrected chi connectivity index (χ4v) is 6.16. The van der Waals surface area contributed by atoms with E-state index in [4.69, 9.17) is 14.7 Å². The predicted octanol–water partition coefficient (Wildman–Crippen LogP) is 6.24. The number of piperidine rings is 1. The van der Waals surface area contributed by atoms with Crippen LogP contribution >= 0.6 is 0 Å². The SMILES string of the molecule is Cc1ccc(C(C)(C)C)cc1Cc1nc(N2CCC3(CC2)CC(c2ccc(F)cc2)CO3)nc2ncn(C)c12. The molecule has 4 heterocycles. The van der Waals surface area contributed by atoms with E-state index in [9.17, 15) is 4.39 Å². The van der Waals surface area contributed by atoms with Crippen molar-refractivity contribution in [2.75, 3.05) is 24.6 Å². The number of aromatic nitrogens is 4. The van der Waals surface area contributed by atoms with Crippen molar-refractivity contribution in [2.24, 2.45) is 7.05 Å². The van der Waals surface area contributed by atoms with Crippen molar-refractivity contribution in [1.82, 2.24) is 19.5 Å². The highest BCUT2D eigenvalue weighted by molar-refractivity contribution is 5.75. The molecule has 0 N–H and O–H groups in total. The van der Waals surface area contributed by atoms with E-state index in [2.05, 4.69) is 55.8 Å². The zero-order valence-electron chi connectivity index (χ0n) is 23.7. The van der Waals surface area contributed by atoms with Gasteiger partial charge in [-0.3, -0.25) is 0 Å². The first-order valence-corrected chi connectivity index (χ1v) is 14.0. The van der Waals surface area contributed by atoms with E-state index in [0.717, 1.165) is 67.1 Å². The maximum absolute atomic E-state index is 13.4. The third-order valence-electron chi connectivity index (χ3n) is 8.71. The third kappa shape index (κ3) is 5.05. The number of halogens is 1. The van der Waals surface area contributed by atoms with Gasteiger partial charge in [0.15, 0.2) is 5.65 Å². The van der Waals surface area contributed by atoms with Crippen LogP contribution < -0.4 is 4.90 Å². The zero-order valence-corrected chi connectivity index (χ0v) is 23.7. The summed E-state index contributed by atoms with van der Waals surface area (Å²) in [6.45, 7) is 11.3. The predicted molar refractivity (Wildman–Crippen MR) is 153 cm³/mol. The Morgan fingerprint density at radius 3 is 2.51 bits per heavy atom. The van der Waals surface area contributed by atoms with Crippen LogP contribution in [0.25, 0.3) is 11.2 Å². The second kappa shape index (κ2) is 9.70. The average molecular weight is 528 g/mol. The molecule has 2 fully saturated rings. The molecule has 1 spiro atoms. The zero-order chi connectivity index (χ0) is 27.4. The Balaban J connectivity index is 1.23. The minimum atomic E-state index is -0.193. The lowest BCUT2D eigenvalue weighted by Gasteiger charge is -2.38. The molecule has 2 aliphatic rings. The van der Waals surface area contributed by atoms with E-state index in [1.807, 2.05) is 30.1 Å². The summed E-state index contributed by atoms with van der Waals surface area (Å²) in [5, 5.41) is 0. The van der Waals surface area contributed by atoms with E-state index < -0.39 is 0 Å². The minimum absolute atomic E-state index is 0.0862. The van der Waals surface area contributed by atoms with Gasteiger partial charge in [0, 0.05) is 32.5 Å². The van der Waals surface area contributed by atoms with Gasteiger partial charge in [0.05, 0.1) is 24.2 Å². The van der Waals surface area contributed by atoms with Crippen molar-refractivity contribution in [3.63, 3.8) is 0 Å². The smallest absolute Gasteiger partial charge is 0.227 e. The number of benzene rings is 2. The van der Waals surface area contributed by atoms with Crippen molar-refractivity contribution < 1.29 is 9.13 Å². The summed E-state index contributed by atoms with van der Waals surface area (Å²) in [5.74, 6) is 0.878. The molecule has 39 heavy (non-hydrogen) atoms. The molecule has 0 bridgehead atoms. The molecule has 204 valence electrons. The van der Waals surface area contributed by atoms with Crippen LogP contribution in [-0.4, -0.2) is 44.8 Å². The Labute approximate surface area is 230 Å². The first-order chi connectivity index (χ1) is 18.6. The molecule has 2 aromatic carbocycles. The number of aryl methyl sites for hydroxylation is 2. The molecule has 7 heteroatoms. The van der Waals surface area contributed by atoms with Crippen LogP contribution in [0.2, 0.25) is 0 Å². The van der Waals surface area contributed by atoms with Crippen LogP contribution in [0, 0.1) is 12.7 Å². The van der Waals surface area contributed by atoms with Crippen molar-refractivity contribution in [3.05, 3.63) is 82.6 Å². The van der Waals surface area contributed by atoms with Crippen molar-refractivity contribution >= 4 is 17.1 Å². The lowest BCUT2D eigenvalue weighted by molar-refractivity contribution is -0.0150. The Bertz CT molecular complexity index is 1500. The first kappa shape index (κ1) is 25.9. The molecule has 1 unspecified atom stereocenters. The number of ether oxygens (including phenoxy) is 1. The molecule has 0 saturated carbocycles. The average Bonchev–Trinajstić information content (AvgIpc) is 3.49. The van der Waals surface area contributed by atoms with Crippen LogP contribution in [0.1, 0.15) is 73.9 Å². The van der Waals surface area contributed by atoms with Gasteiger partial charge >= 0.3 is 0 Å². The maximum Gasteiger partial charge on any atom is 0.227 e. The highest BCUT2D eigenvalue weighted by atomic mass is 19.1. The molecule has 6 rings (SSSR count). The standard InChI is InChI=1S/C32H38FN5O/c1-21-6-9-25(31(2,3)4)16-23(21)17-27-28-29(34-20-37(28)5)36-30(35-27)38-14-12-32(13-15-38)18-24(19-39-32)22-7-10-26(33)11-8-22/h6-11,16,20,24H,12-15,17-19H2,1-5H3. The quantitative estimate of drug-likeness (QED) is 0.314. The second-order valence-electron chi connectivity index (χ2n) is 12.5. The fourth-order valence-electron chi connectivity index (χ4n) is 6.16. The van der Waals surface area contributed by atoms with Gasteiger partial charge in [-0.2, -0.15) is 4.98 Å². The maximum atomic E-state index is 13.4. The van der Waals surface area contributed by atoms with Crippen LogP contribution in [0.3, 0.4) is 0 Å². The number of nitrogens with zero attached hydrogens (tertiary/aromatic N) is 5. The first-order valence-electron chi connectivity index (χ1n) is 14.0. The summed E-state index contributed by atoms with van der Waals surface area (Å²) >= 11 is 0. The van der Waals surface area contributed by atoms with Gasteiger partial charge in [0.1, 0.15) is 11.3 Å². The molecule has 0 amide bonds. The van der Waals surface area contributed by atoms with Gasteiger partial charge in [0.2, 0.25) is 5.95 Å². The number of fused-ring (bicyclic) bond motifs is 1. The summed E-state index contributed by atoms with van der Waals surface area (Å²) in [4.78, 5) is 16.9. The number of rotatable bonds is 4. The molecular formula is C32H38FN5O. The molecule has 2 aromatic heterocycles. The van der Waals surface area contributed by atoms with Crippen LogP contribution in [0.5, 0.6) is 0 Å². The van der Waals surface area contributed by atoms with Gasteiger partial charge in [-0.05, 0) is 66.0 Å². The van der Waals surface area contributed by atoms with Crippen molar-refractivity contribution in [2.45, 2.75) is 70.3 Å². The van der Waals surface area contributed by atoms with Crippen LogP contribution in [0.15, 0.2) is 48.8 Å². The summed E-state index contributed by atoms with van der Waals surface area (Å²) in [7, 11) is 2.01. The summed E-state index contributed by atoms with van der Waals surface area (Å²) in [6, 6.07) is 13.7. The van der Waals surface area contributed by atoms with Gasteiger partial charge < -0.3 is 14.2 Å². The lowest BCUT2D eigenvalue weighted by Crippen LogP contribution is -2.44. The largest absolute Gasteiger partial charge is 0.374 e. The number of imidazole rings is 1. The third-order valence-corrected chi connectivity index (χ3v) is 8.71. The molecule has 2 aliphatic heterocycles. The highest BCUT2D eigenvalue weighted by Gasteiger charge is 2.43. The van der Waals surface area contributed by atoms with Gasteiger partial charge in [-0.1, -0.05) is 51.1 Å². The van der Waals surface area contributed by atoms with Crippen LogP contribution in [-0.2, 0) is 23.6 Å². The summed E-state index contributed by atoms with van der Waals surface area (Å²) in [6.07, 6.45) is 5.40. The molecule has 2 saturated heterocycles. The Kier molecular flexibility index (Phi) is 6.45. The summed E-state index contributed by atoms with van der Waals surface area (Å²) < 4.78 is 21.9. The second-order valence-corrected chi connectivity index (χ2v) is 12.5. The lowest BCUT2D eigenvalue weighted by atomic mass is 9.83. The normalized spacial score (nSPS) is 19.3. The molecule has 0 radical (unpaired) electrons. The van der Waals surface area contributed by atoms with Crippen molar-refractivity contribution in [3.8, 4) is 0 Å². The molecule has 1 atom stereocenters. The fraction of sp³-hybridized carbons (Fsp3) is 0.469. The van der Waals surface area contributed by atoms with E-state index in [0.29, 0.717) is 12.5 Å². The van der Waals surface area contributed by atoms with Crippen molar-refractivity contribution in [1.29, 1.82) is 0 Å². The topological polar surface area (TPSA) is 56.1 Å². The van der Waals surface area contributed by atoms with Gasteiger partial charge in [-0.15, -0.1) is 0 Å². The number of hydrogen-bond donors (Lipinski definition) is 0. The van der Waals surface area contributed by atoms with Crippen LogP contribution in [0.4, 0.5) is 10.3 Å². The summed E-state index contributed by atoms with van der Waals surface area (Å²) in [5.41, 5.74) is 7.76. The number of anilines is 1. The molecule has 0 aliphatic carbocycles. The molecule has 6 nitrogen and oxygen atoms in total. The Morgan fingerprint density at radius 1 is 1.05 bits per heavy atom. The van der Waals surface area contributed by atoms with E-state index in [-0.39, 0.29) is 16.8 Å². The van der Waals surface area contributed by atoms with Gasteiger partial charge in [0.25, 0.3) is 0 Å². The Morgan fingerprint density at radius 2 is 1.79 bits per heavy atom. The monoisotopic (exact) mass is 527 g/mol. The van der Waals surface area contributed by atoms with E-state index >= 15 is 0 Å². The minimum Gasteiger partial charge on any atom is -0.374 e. The van der Waals surface area contributed by atoms with E-state index in [1.165, 1.54) is 16.7 Å². The Hall–Kier alpha value is -3.32. The van der Waals surface area contributed by atoms with Gasteiger partial charge in [-0.25, -0.2) is 14.4 Å². The number of hydrogen-bond acceptors (Lipinski definition) is 5. The van der Waals surface area contributed by atoms with E-state index in [1.54, 1.807) is 12.1 Å². The molecule has 4 aromatic rings.